The summed E-state index contributed by atoms with van der Waals surface area (Å²) in [4.78, 5) is 42.9. The number of nitrogens with two attached hydrogens (primary N) is 1. The molecule has 3 atom stereocenters. The third-order valence-electron chi connectivity index (χ3n) is 7.58. The van der Waals surface area contributed by atoms with Gasteiger partial charge in [0.2, 0.25) is 0 Å². The molecule has 3 aromatic carbocycles. The van der Waals surface area contributed by atoms with Crippen LogP contribution in [0.5, 0.6) is 0 Å². The van der Waals surface area contributed by atoms with Crippen LogP contribution in [-0.4, -0.2) is 30.9 Å². The Morgan fingerprint density at radius 2 is 1.57 bits per heavy atom. The first-order chi connectivity index (χ1) is 20.3. The highest BCUT2D eigenvalue weighted by atomic mass is 19.1. The second kappa shape index (κ2) is 12.0. The van der Waals surface area contributed by atoms with Crippen LogP contribution < -0.4 is 10.6 Å². The van der Waals surface area contributed by atoms with Crippen LogP contribution in [0.4, 0.5) is 14.5 Å². The van der Waals surface area contributed by atoms with E-state index < -0.39 is 47.1 Å². The Kier molecular flexibility index (Phi) is 8.20. The SMILES string of the molecule is CCOC(=O)C1=C(N)N(c2ccccc2F)C2=C(C(=O)[C@H](C(=O)OCC)[C@@H](c3ccccc3)C2)[C@@H]1c1cccc(F)c1. The van der Waals surface area contributed by atoms with E-state index in [0.717, 1.165) is 0 Å². The van der Waals surface area contributed by atoms with Gasteiger partial charge in [0.1, 0.15) is 23.4 Å². The molecule has 1 aliphatic heterocycles. The number of hydrogen-bond donors (Lipinski definition) is 1. The minimum atomic E-state index is -1.27. The number of halogens is 2. The van der Waals surface area contributed by atoms with Crippen LogP contribution in [0.15, 0.2) is 102 Å². The molecular formula is C33H30F2N2O5. The van der Waals surface area contributed by atoms with Crippen LogP contribution in [0.2, 0.25) is 0 Å². The number of Topliss-reactive ketones (excluding diaryl/α,β-unsaturated/α-hetero) is 1. The first-order valence-electron chi connectivity index (χ1n) is 13.7. The maximum Gasteiger partial charge on any atom is 0.338 e. The molecule has 1 heterocycles. The van der Waals surface area contributed by atoms with Gasteiger partial charge in [0.05, 0.1) is 30.4 Å². The van der Waals surface area contributed by atoms with E-state index in [0.29, 0.717) is 11.3 Å². The van der Waals surface area contributed by atoms with Crippen molar-refractivity contribution in [2.24, 2.45) is 11.7 Å². The zero-order valence-corrected chi connectivity index (χ0v) is 23.2. The number of benzene rings is 3. The third-order valence-corrected chi connectivity index (χ3v) is 7.58. The van der Waals surface area contributed by atoms with E-state index in [1.165, 1.54) is 41.3 Å². The lowest BCUT2D eigenvalue weighted by Crippen LogP contribution is -2.46. The predicted molar refractivity (Wildman–Crippen MR) is 152 cm³/mol. The minimum absolute atomic E-state index is 0.00738. The zero-order chi connectivity index (χ0) is 30.0. The highest BCUT2D eigenvalue weighted by Crippen LogP contribution is 2.51. The summed E-state index contributed by atoms with van der Waals surface area (Å²) in [7, 11) is 0. The van der Waals surface area contributed by atoms with Gasteiger partial charge in [-0.2, -0.15) is 0 Å². The van der Waals surface area contributed by atoms with Gasteiger partial charge in [-0.3, -0.25) is 14.5 Å². The maximum atomic E-state index is 15.4. The van der Waals surface area contributed by atoms with Crippen molar-refractivity contribution in [3.8, 4) is 0 Å². The Bertz CT molecular complexity index is 1600. The summed E-state index contributed by atoms with van der Waals surface area (Å²) < 4.78 is 40.7. The highest BCUT2D eigenvalue weighted by Gasteiger charge is 2.51. The van der Waals surface area contributed by atoms with Crippen molar-refractivity contribution in [1.82, 2.24) is 0 Å². The summed E-state index contributed by atoms with van der Waals surface area (Å²) in [6, 6.07) is 20.3. The summed E-state index contributed by atoms with van der Waals surface area (Å²) in [6.45, 7) is 3.30. The molecule has 1 aliphatic carbocycles. The fourth-order valence-corrected chi connectivity index (χ4v) is 5.88. The Morgan fingerprint density at radius 1 is 0.905 bits per heavy atom. The summed E-state index contributed by atoms with van der Waals surface area (Å²) in [5.41, 5.74) is 7.86. The van der Waals surface area contributed by atoms with Gasteiger partial charge in [0, 0.05) is 17.2 Å². The predicted octanol–water partition coefficient (Wildman–Crippen LogP) is 5.49. The van der Waals surface area contributed by atoms with Gasteiger partial charge in [0.25, 0.3) is 0 Å². The topological polar surface area (TPSA) is 98.9 Å². The summed E-state index contributed by atoms with van der Waals surface area (Å²) in [6.07, 6.45) is 0.0749. The van der Waals surface area contributed by atoms with E-state index in [1.54, 1.807) is 50.2 Å². The standard InChI is InChI=1S/C33H30F2N2O5/c1-3-41-32(39)27-22(19-11-6-5-7-12-19)18-25-28(30(27)38)26(20-13-10-14-21(34)17-20)29(33(40)42-4-2)31(36)37(25)24-16-9-8-15-23(24)35/h5-17,22,26-27H,3-4,18,36H2,1-2H3/t22-,26+,27-/m1/s1. The van der Waals surface area contributed by atoms with Gasteiger partial charge in [0.15, 0.2) is 5.78 Å². The molecule has 0 aromatic heterocycles. The number of carbonyl (C=O) groups excluding carboxylic acids is 3. The smallest absolute Gasteiger partial charge is 0.338 e. The Labute approximate surface area is 242 Å². The van der Waals surface area contributed by atoms with E-state index in [4.69, 9.17) is 15.2 Å². The van der Waals surface area contributed by atoms with Crippen LogP contribution >= 0.6 is 0 Å². The number of nitrogens with zero attached hydrogens (tertiary/aromatic N) is 1. The van der Waals surface area contributed by atoms with Crippen LogP contribution in [-0.2, 0) is 23.9 Å². The molecule has 0 amide bonds. The molecule has 216 valence electrons. The van der Waals surface area contributed by atoms with Gasteiger partial charge in [-0.05, 0) is 55.7 Å². The number of carbonyl (C=O) groups is 3. The lowest BCUT2D eigenvalue weighted by atomic mass is 9.67. The maximum absolute atomic E-state index is 15.4. The molecular weight excluding hydrogens is 542 g/mol. The molecule has 0 unspecified atom stereocenters. The van der Waals surface area contributed by atoms with Gasteiger partial charge in [-0.15, -0.1) is 0 Å². The van der Waals surface area contributed by atoms with Crippen molar-refractivity contribution in [3.63, 3.8) is 0 Å². The number of anilines is 1. The van der Waals surface area contributed by atoms with Crippen molar-refractivity contribution < 1.29 is 32.6 Å². The Balaban J connectivity index is 1.84. The number of para-hydroxylation sites is 1. The molecule has 0 fully saturated rings. The number of allylic oxidation sites excluding steroid dienone is 2. The van der Waals surface area contributed by atoms with Gasteiger partial charge in [-0.1, -0.05) is 54.6 Å². The number of ether oxygens (including phenoxy) is 2. The van der Waals surface area contributed by atoms with Crippen molar-refractivity contribution in [2.45, 2.75) is 32.1 Å². The average Bonchev–Trinajstić information content (AvgIpc) is 2.97. The normalized spacial score (nSPS) is 20.3. The molecule has 3 aromatic rings. The van der Waals surface area contributed by atoms with E-state index in [1.807, 2.05) is 6.07 Å². The van der Waals surface area contributed by atoms with Gasteiger partial charge < -0.3 is 15.2 Å². The molecule has 0 saturated carbocycles. The monoisotopic (exact) mass is 572 g/mol. The minimum Gasteiger partial charge on any atom is -0.465 e. The largest absolute Gasteiger partial charge is 0.465 e. The van der Waals surface area contributed by atoms with Crippen LogP contribution in [0.3, 0.4) is 0 Å². The fourth-order valence-electron chi connectivity index (χ4n) is 5.88. The molecule has 2 aliphatic rings. The van der Waals surface area contributed by atoms with Crippen LogP contribution in [0.1, 0.15) is 43.2 Å². The number of hydrogen-bond acceptors (Lipinski definition) is 7. The fraction of sp³-hybridized carbons (Fsp3) is 0.242. The third kappa shape index (κ3) is 5.06. The van der Waals surface area contributed by atoms with Crippen LogP contribution in [0, 0.1) is 17.6 Å². The molecule has 0 radical (unpaired) electrons. The average molecular weight is 573 g/mol. The molecule has 0 spiro atoms. The Hall–Kier alpha value is -4.79. The van der Waals surface area contributed by atoms with Crippen molar-refractivity contribution in [1.29, 1.82) is 0 Å². The van der Waals surface area contributed by atoms with Gasteiger partial charge >= 0.3 is 11.9 Å². The first-order valence-corrected chi connectivity index (χ1v) is 13.7. The van der Waals surface area contributed by atoms with Crippen molar-refractivity contribution in [3.05, 3.63) is 124 Å². The molecule has 2 N–H and O–H groups in total. The zero-order valence-electron chi connectivity index (χ0n) is 23.2. The molecule has 0 bridgehead atoms. The highest BCUT2D eigenvalue weighted by molar-refractivity contribution is 6.14. The quantitative estimate of drug-likeness (QED) is 0.295. The second-order valence-electron chi connectivity index (χ2n) is 9.97. The lowest BCUT2D eigenvalue weighted by Gasteiger charge is -2.44. The Morgan fingerprint density at radius 3 is 2.24 bits per heavy atom. The van der Waals surface area contributed by atoms with Crippen molar-refractivity contribution >= 4 is 23.4 Å². The lowest BCUT2D eigenvalue weighted by molar-refractivity contribution is -0.152. The summed E-state index contributed by atoms with van der Waals surface area (Å²) >= 11 is 0. The summed E-state index contributed by atoms with van der Waals surface area (Å²) in [5, 5.41) is 0. The number of ketones is 1. The van der Waals surface area contributed by atoms with Crippen molar-refractivity contribution in [2.75, 3.05) is 18.1 Å². The van der Waals surface area contributed by atoms with E-state index in [-0.39, 0.29) is 47.9 Å². The molecule has 0 saturated heterocycles. The summed E-state index contributed by atoms with van der Waals surface area (Å²) in [5.74, 6) is -6.71. The van der Waals surface area contributed by atoms with E-state index in [9.17, 15) is 18.8 Å². The van der Waals surface area contributed by atoms with E-state index >= 15 is 4.39 Å². The second-order valence-corrected chi connectivity index (χ2v) is 9.97. The molecule has 7 nitrogen and oxygen atoms in total. The van der Waals surface area contributed by atoms with E-state index in [2.05, 4.69) is 0 Å². The number of rotatable bonds is 7. The van der Waals surface area contributed by atoms with Gasteiger partial charge in [-0.25, -0.2) is 13.6 Å². The number of esters is 2. The first kappa shape index (κ1) is 28.7. The molecule has 5 rings (SSSR count). The van der Waals surface area contributed by atoms with Crippen LogP contribution in [0.25, 0.3) is 0 Å². The molecule has 9 heteroatoms. The molecule has 42 heavy (non-hydrogen) atoms.